The Hall–Kier alpha value is -1.49. The molecule has 1 amide bonds. The van der Waals surface area contributed by atoms with E-state index in [0.717, 1.165) is 25.1 Å². The smallest absolute Gasteiger partial charge is 0.233 e. The second kappa shape index (κ2) is 8.72. The van der Waals surface area contributed by atoms with Crippen molar-refractivity contribution in [3.05, 3.63) is 36.6 Å². The highest BCUT2D eigenvalue weighted by Crippen LogP contribution is 2.19. The minimum Gasteiger partial charge on any atom is -0.339 e. The predicted octanol–water partition coefficient (Wildman–Crippen LogP) is 3.24. The number of nitrogens with zero attached hydrogens (tertiary/aromatic N) is 2. The molecule has 0 aromatic heterocycles. The van der Waals surface area contributed by atoms with Gasteiger partial charge in [-0.05, 0) is 32.8 Å². The zero-order valence-electron chi connectivity index (χ0n) is 13.1. The minimum atomic E-state index is 0.135. The van der Waals surface area contributed by atoms with Gasteiger partial charge < -0.3 is 9.80 Å². The Morgan fingerprint density at radius 2 is 2.24 bits per heavy atom. The SMILES string of the molecule is C=C/C=C\C=C(/C)N(C)C(=N)SCC(=O)N1CCC[C@H]1C. The lowest BCUT2D eigenvalue weighted by Gasteiger charge is -2.23. The van der Waals surface area contributed by atoms with E-state index in [1.54, 1.807) is 11.0 Å². The largest absolute Gasteiger partial charge is 0.339 e. The van der Waals surface area contributed by atoms with Crippen LogP contribution < -0.4 is 0 Å². The van der Waals surface area contributed by atoms with E-state index >= 15 is 0 Å². The molecule has 1 atom stereocenters. The molecule has 0 spiro atoms. The van der Waals surface area contributed by atoms with Crippen LogP contribution in [0, 0.1) is 5.41 Å². The van der Waals surface area contributed by atoms with E-state index in [1.165, 1.54) is 11.8 Å². The van der Waals surface area contributed by atoms with Gasteiger partial charge in [0.15, 0.2) is 5.17 Å². The monoisotopic (exact) mass is 307 g/mol. The van der Waals surface area contributed by atoms with E-state index < -0.39 is 0 Å². The third-order valence-electron chi connectivity index (χ3n) is 3.62. The number of hydrogen-bond donors (Lipinski definition) is 1. The zero-order chi connectivity index (χ0) is 15.8. The molecule has 1 fully saturated rings. The van der Waals surface area contributed by atoms with E-state index in [0.29, 0.717) is 17.0 Å². The maximum absolute atomic E-state index is 12.1. The Balaban J connectivity index is 2.45. The molecule has 1 aliphatic rings. The molecule has 0 radical (unpaired) electrons. The first-order chi connectivity index (χ1) is 9.97. The number of amides is 1. The summed E-state index contributed by atoms with van der Waals surface area (Å²) >= 11 is 1.28. The van der Waals surface area contributed by atoms with Gasteiger partial charge in [0, 0.05) is 25.3 Å². The van der Waals surface area contributed by atoms with Crippen molar-refractivity contribution in [1.29, 1.82) is 5.41 Å². The summed E-state index contributed by atoms with van der Waals surface area (Å²) in [5, 5.41) is 8.44. The van der Waals surface area contributed by atoms with Crippen LogP contribution in [0.25, 0.3) is 0 Å². The first kappa shape index (κ1) is 17.6. The second-order valence-electron chi connectivity index (χ2n) is 5.16. The Morgan fingerprint density at radius 3 is 2.81 bits per heavy atom. The van der Waals surface area contributed by atoms with Crippen LogP contribution in [0.5, 0.6) is 0 Å². The van der Waals surface area contributed by atoms with Crippen LogP contribution in [-0.2, 0) is 4.79 Å². The fraction of sp³-hybridized carbons (Fsp3) is 0.500. The molecule has 1 aliphatic heterocycles. The molecule has 0 unspecified atom stereocenters. The number of amidine groups is 1. The molecule has 1 N–H and O–H groups in total. The molecule has 1 saturated heterocycles. The Labute approximate surface area is 132 Å². The van der Waals surface area contributed by atoms with Crippen LogP contribution in [0.3, 0.4) is 0 Å². The number of carbonyl (C=O) groups is 1. The van der Waals surface area contributed by atoms with Crippen LogP contribution in [0.2, 0.25) is 0 Å². The number of thioether (sulfide) groups is 1. The van der Waals surface area contributed by atoms with Crippen LogP contribution in [0.1, 0.15) is 26.7 Å². The third kappa shape index (κ3) is 5.42. The molecule has 0 aliphatic carbocycles. The topological polar surface area (TPSA) is 47.4 Å². The van der Waals surface area contributed by atoms with E-state index in [1.807, 2.05) is 37.1 Å². The molecular formula is C16H25N3OS. The molecule has 4 nitrogen and oxygen atoms in total. The first-order valence-electron chi connectivity index (χ1n) is 7.18. The van der Waals surface area contributed by atoms with Gasteiger partial charge in [0.2, 0.25) is 5.91 Å². The molecule has 0 aromatic rings. The molecule has 5 heteroatoms. The van der Waals surface area contributed by atoms with Crippen LogP contribution in [0.15, 0.2) is 36.6 Å². The summed E-state index contributed by atoms with van der Waals surface area (Å²) in [6.07, 6.45) is 9.53. The normalized spacial score (nSPS) is 19.1. The van der Waals surface area contributed by atoms with Crippen molar-refractivity contribution in [3.8, 4) is 0 Å². The molecule has 1 rings (SSSR count). The lowest BCUT2D eigenvalue weighted by molar-refractivity contribution is -0.128. The molecule has 21 heavy (non-hydrogen) atoms. The van der Waals surface area contributed by atoms with Crippen LogP contribution in [0.4, 0.5) is 0 Å². The lowest BCUT2D eigenvalue weighted by Crippen LogP contribution is -2.35. The Bertz CT molecular complexity index is 456. The van der Waals surface area contributed by atoms with Crippen LogP contribution in [-0.4, -0.2) is 46.3 Å². The Morgan fingerprint density at radius 1 is 1.52 bits per heavy atom. The summed E-state index contributed by atoms with van der Waals surface area (Å²) in [6.45, 7) is 8.49. The average molecular weight is 307 g/mol. The standard InChI is InChI=1S/C16H25N3OS/c1-5-6-7-9-13(2)18(4)16(17)21-12-15(20)19-11-8-10-14(19)3/h5-7,9,14,17H,1,8,10-12H2,2-4H3/b7-6-,13-9+,17-16?/t14-/m1/s1. The van der Waals surface area contributed by atoms with Gasteiger partial charge >= 0.3 is 0 Å². The highest BCUT2D eigenvalue weighted by atomic mass is 32.2. The van der Waals surface area contributed by atoms with E-state index in [9.17, 15) is 4.79 Å². The summed E-state index contributed by atoms with van der Waals surface area (Å²) in [6, 6.07) is 0.343. The van der Waals surface area contributed by atoms with Crippen molar-refractivity contribution >= 4 is 22.8 Å². The van der Waals surface area contributed by atoms with Gasteiger partial charge in [0.05, 0.1) is 5.75 Å². The molecule has 0 aromatic carbocycles. The predicted molar refractivity (Wildman–Crippen MR) is 91.5 cm³/mol. The highest BCUT2D eigenvalue weighted by molar-refractivity contribution is 8.14. The van der Waals surface area contributed by atoms with Gasteiger partial charge in [-0.3, -0.25) is 10.2 Å². The minimum absolute atomic E-state index is 0.135. The quantitative estimate of drug-likeness (QED) is 0.482. The van der Waals surface area contributed by atoms with Gasteiger partial charge in [-0.25, -0.2) is 0 Å². The first-order valence-corrected chi connectivity index (χ1v) is 8.16. The summed E-state index contributed by atoms with van der Waals surface area (Å²) in [5.41, 5.74) is 0.951. The number of likely N-dealkylation sites (tertiary alicyclic amines) is 1. The maximum atomic E-state index is 12.1. The third-order valence-corrected chi connectivity index (χ3v) is 4.56. The number of nitrogens with one attached hydrogen (secondary N) is 1. The lowest BCUT2D eigenvalue weighted by atomic mass is 10.2. The molecule has 0 saturated carbocycles. The van der Waals surface area contributed by atoms with E-state index in [-0.39, 0.29) is 5.91 Å². The number of carbonyl (C=O) groups excluding carboxylic acids is 1. The second-order valence-corrected chi connectivity index (χ2v) is 6.12. The molecule has 1 heterocycles. The number of allylic oxidation sites excluding steroid dienone is 5. The van der Waals surface area contributed by atoms with Gasteiger partial charge in [-0.15, -0.1) is 0 Å². The molecular weight excluding hydrogens is 282 g/mol. The maximum Gasteiger partial charge on any atom is 0.233 e. The molecule has 0 bridgehead atoms. The van der Waals surface area contributed by atoms with Crippen LogP contribution >= 0.6 is 11.8 Å². The van der Waals surface area contributed by atoms with Crippen molar-refractivity contribution in [3.63, 3.8) is 0 Å². The fourth-order valence-electron chi connectivity index (χ4n) is 2.16. The Kier molecular flexibility index (Phi) is 7.29. The van der Waals surface area contributed by atoms with Gasteiger partial charge in [0.1, 0.15) is 0 Å². The van der Waals surface area contributed by atoms with Crippen molar-refractivity contribution in [2.45, 2.75) is 32.7 Å². The average Bonchev–Trinajstić information content (AvgIpc) is 2.89. The zero-order valence-corrected chi connectivity index (χ0v) is 13.9. The summed E-state index contributed by atoms with van der Waals surface area (Å²) in [5.74, 6) is 0.472. The van der Waals surface area contributed by atoms with Gasteiger partial charge in [0.25, 0.3) is 0 Å². The summed E-state index contributed by atoms with van der Waals surface area (Å²) in [4.78, 5) is 15.8. The van der Waals surface area contributed by atoms with Gasteiger partial charge in [-0.1, -0.05) is 36.6 Å². The summed E-state index contributed by atoms with van der Waals surface area (Å²) < 4.78 is 0. The van der Waals surface area contributed by atoms with E-state index in [4.69, 9.17) is 5.41 Å². The number of hydrogen-bond acceptors (Lipinski definition) is 3. The van der Waals surface area contributed by atoms with Crippen molar-refractivity contribution in [2.24, 2.45) is 0 Å². The fourth-order valence-corrected chi connectivity index (χ4v) is 2.92. The molecule has 116 valence electrons. The van der Waals surface area contributed by atoms with Crippen molar-refractivity contribution in [1.82, 2.24) is 9.80 Å². The van der Waals surface area contributed by atoms with E-state index in [2.05, 4.69) is 13.5 Å². The van der Waals surface area contributed by atoms with Gasteiger partial charge in [-0.2, -0.15) is 0 Å². The van der Waals surface area contributed by atoms with Crippen molar-refractivity contribution < 1.29 is 4.79 Å². The number of rotatable bonds is 5. The van der Waals surface area contributed by atoms with Crippen molar-refractivity contribution in [2.75, 3.05) is 19.3 Å². The summed E-state index contributed by atoms with van der Waals surface area (Å²) in [7, 11) is 1.84. The highest BCUT2D eigenvalue weighted by Gasteiger charge is 2.25.